The van der Waals surface area contributed by atoms with Crippen molar-refractivity contribution in [3.8, 4) is 0 Å². The van der Waals surface area contributed by atoms with Gasteiger partial charge in [0.2, 0.25) is 0 Å². The van der Waals surface area contributed by atoms with Gasteiger partial charge in [0.15, 0.2) is 0 Å². The van der Waals surface area contributed by atoms with Gasteiger partial charge in [0, 0.05) is 6.04 Å². The minimum Gasteiger partial charge on any atom is -0.314 e. The normalized spacial score (nSPS) is 39.7. The number of fused-ring (bicyclic) bond motifs is 1. The molecule has 0 saturated heterocycles. The van der Waals surface area contributed by atoms with Crippen LogP contribution >= 0.6 is 0 Å². The number of hydrogen-bond acceptors (Lipinski definition) is 1. The molecule has 3 fully saturated rings. The fourth-order valence-corrected chi connectivity index (χ4v) is 4.68. The summed E-state index contributed by atoms with van der Waals surface area (Å²) < 4.78 is 0. The highest BCUT2D eigenvalue weighted by atomic mass is 14.9. The Morgan fingerprint density at radius 1 is 0.882 bits per heavy atom. The second-order valence-corrected chi connectivity index (χ2v) is 6.82. The first-order valence-electron chi connectivity index (χ1n) is 8.12. The highest BCUT2D eigenvalue weighted by molar-refractivity contribution is 5.00. The Balaban J connectivity index is 1.61. The number of rotatable bonds is 4. The van der Waals surface area contributed by atoms with Crippen LogP contribution in [0.15, 0.2) is 0 Å². The largest absolute Gasteiger partial charge is 0.314 e. The Kier molecular flexibility index (Phi) is 3.75. The van der Waals surface area contributed by atoms with Crippen molar-refractivity contribution in [3.63, 3.8) is 0 Å². The lowest BCUT2D eigenvalue weighted by atomic mass is 9.81. The third-order valence-corrected chi connectivity index (χ3v) is 5.64. The molecule has 1 N–H and O–H groups in total. The summed E-state index contributed by atoms with van der Waals surface area (Å²) in [5.74, 6) is 4.32. The fraction of sp³-hybridized carbons (Fsp3) is 1.00. The van der Waals surface area contributed by atoms with Gasteiger partial charge in [-0.15, -0.1) is 0 Å². The summed E-state index contributed by atoms with van der Waals surface area (Å²) in [7, 11) is 0. The van der Waals surface area contributed by atoms with Crippen molar-refractivity contribution in [1.82, 2.24) is 5.32 Å². The zero-order valence-corrected chi connectivity index (χ0v) is 11.5. The summed E-state index contributed by atoms with van der Waals surface area (Å²) in [5, 5.41) is 3.86. The fourth-order valence-electron chi connectivity index (χ4n) is 4.68. The molecule has 17 heavy (non-hydrogen) atoms. The first kappa shape index (κ1) is 12.0. The first-order valence-corrected chi connectivity index (χ1v) is 8.12. The van der Waals surface area contributed by atoms with Gasteiger partial charge in [0.1, 0.15) is 0 Å². The van der Waals surface area contributed by atoms with Crippen molar-refractivity contribution in [2.75, 3.05) is 6.54 Å². The summed E-state index contributed by atoms with van der Waals surface area (Å²) in [6, 6.07) is 0.867. The number of hydrogen-bond donors (Lipinski definition) is 1. The van der Waals surface area contributed by atoms with E-state index in [-0.39, 0.29) is 0 Å². The van der Waals surface area contributed by atoms with E-state index in [0.717, 1.165) is 29.7 Å². The van der Waals surface area contributed by atoms with Crippen molar-refractivity contribution < 1.29 is 0 Å². The van der Waals surface area contributed by atoms with Crippen LogP contribution in [0.2, 0.25) is 0 Å². The Labute approximate surface area is 107 Å². The van der Waals surface area contributed by atoms with Crippen LogP contribution in [0.3, 0.4) is 0 Å². The Morgan fingerprint density at radius 2 is 1.53 bits per heavy atom. The molecule has 0 spiro atoms. The Bertz CT molecular complexity index is 232. The molecule has 3 aliphatic rings. The lowest BCUT2D eigenvalue weighted by molar-refractivity contribution is 0.229. The molecule has 0 radical (unpaired) electrons. The third kappa shape index (κ3) is 2.70. The topological polar surface area (TPSA) is 12.0 Å². The van der Waals surface area contributed by atoms with Gasteiger partial charge < -0.3 is 5.32 Å². The predicted molar refractivity (Wildman–Crippen MR) is 73.0 cm³/mol. The Hall–Kier alpha value is -0.0400. The molecule has 0 amide bonds. The Morgan fingerprint density at radius 3 is 2.12 bits per heavy atom. The van der Waals surface area contributed by atoms with E-state index >= 15 is 0 Å². The van der Waals surface area contributed by atoms with E-state index in [0.29, 0.717) is 0 Å². The molecule has 3 aliphatic carbocycles. The van der Waals surface area contributed by atoms with Gasteiger partial charge in [0.05, 0.1) is 0 Å². The van der Waals surface area contributed by atoms with E-state index < -0.39 is 0 Å². The van der Waals surface area contributed by atoms with Crippen molar-refractivity contribution in [1.29, 1.82) is 0 Å². The monoisotopic (exact) mass is 235 g/mol. The van der Waals surface area contributed by atoms with E-state index in [1.807, 2.05) is 0 Å². The molecule has 0 aliphatic heterocycles. The van der Waals surface area contributed by atoms with Crippen LogP contribution in [0, 0.1) is 23.7 Å². The zero-order valence-electron chi connectivity index (χ0n) is 11.5. The van der Waals surface area contributed by atoms with Crippen LogP contribution in [-0.2, 0) is 0 Å². The van der Waals surface area contributed by atoms with Crippen LogP contribution < -0.4 is 5.32 Å². The minimum atomic E-state index is 0.867. The molecule has 1 heteroatoms. The molecule has 3 unspecified atom stereocenters. The average molecular weight is 235 g/mol. The molecule has 0 bridgehead atoms. The van der Waals surface area contributed by atoms with E-state index in [4.69, 9.17) is 0 Å². The lowest BCUT2D eigenvalue weighted by Crippen LogP contribution is -2.41. The molecular formula is C16H29N. The van der Waals surface area contributed by atoms with Crippen molar-refractivity contribution in [2.45, 2.75) is 70.8 Å². The SMILES string of the molecule is CCNC(C1CCCCCC1)C1CC2CC2C1. The predicted octanol–water partition coefficient (Wildman–Crippen LogP) is 3.98. The summed E-state index contributed by atoms with van der Waals surface area (Å²) >= 11 is 0. The quantitative estimate of drug-likeness (QED) is 0.727. The second kappa shape index (κ2) is 5.30. The average Bonchev–Trinajstić information content (AvgIpc) is 3.04. The molecule has 0 aromatic heterocycles. The lowest BCUT2D eigenvalue weighted by Gasteiger charge is -2.33. The van der Waals surface area contributed by atoms with Crippen LogP contribution in [0.1, 0.15) is 64.7 Å². The van der Waals surface area contributed by atoms with E-state index in [9.17, 15) is 0 Å². The molecule has 98 valence electrons. The first-order chi connectivity index (χ1) is 8.38. The highest BCUT2D eigenvalue weighted by Crippen LogP contribution is 2.56. The van der Waals surface area contributed by atoms with Gasteiger partial charge in [0.25, 0.3) is 0 Å². The molecule has 0 aromatic rings. The van der Waals surface area contributed by atoms with Gasteiger partial charge in [-0.05, 0) is 62.3 Å². The molecule has 0 heterocycles. The maximum Gasteiger partial charge on any atom is 0.0124 e. The van der Waals surface area contributed by atoms with Crippen LogP contribution in [0.25, 0.3) is 0 Å². The molecule has 3 atom stereocenters. The molecular weight excluding hydrogens is 206 g/mol. The van der Waals surface area contributed by atoms with Gasteiger partial charge >= 0.3 is 0 Å². The van der Waals surface area contributed by atoms with Crippen LogP contribution in [0.5, 0.6) is 0 Å². The number of nitrogens with one attached hydrogen (secondary N) is 1. The van der Waals surface area contributed by atoms with Crippen molar-refractivity contribution in [3.05, 3.63) is 0 Å². The third-order valence-electron chi connectivity index (χ3n) is 5.64. The smallest absolute Gasteiger partial charge is 0.0124 e. The van der Waals surface area contributed by atoms with Gasteiger partial charge in [-0.3, -0.25) is 0 Å². The van der Waals surface area contributed by atoms with Gasteiger partial charge in [-0.2, -0.15) is 0 Å². The molecule has 3 rings (SSSR count). The van der Waals surface area contributed by atoms with Gasteiger partial charge in [-0.1, -0.05) is 32.6 Å². The van der Waals surface area contributed by atoms with E-state index in [1.54, 1.807) is 19.3 Å². The van der Waals surface area contributed by atoms with E-state index in [1.165, 1.54) is 45.1 Å². The van der Waals surface area contributed by atoms with Crippen molar-refractivity contribution in [2.24, 2.45) is 23.7 Å². The minimum absolute atomic E-state index is 0.867. The van der Waals surface area contributed by atoms with Crippen LogP contribution in [-0.4, -0.2) is 12.6 Å². The standard InChI is InChI=1S/C16H29N/c1-2-17-16(12-7-5-3-4-6-8-12)15-10-13-9-14(13)11-15/h12-17H,2-11H2,1H3. The summed E-state index contributed by atoms with van der Waals surface area (Å²) in [6.45, 7) is 3.46. The highest BCUT2D eigenvalue weighted by Gasteiger charge is 2.48. The van der Waals surface area contributed by atoms with E-state index in [2.05, 4.69) is 12.2 Å². The maximum atomic E-state index is 3.86. The molecule has 1 nitrogen and oxygen atoms in total. The second-order valence-electron chi connectivity index (χ2n) is 6.82. The summed E-state index contributed by atoms with van der Waals surface area (Å²) in [4.78, 5) is 0. The molecule has 3 saturated carbocycles. The summed E-state index contributed by atoms with van der Waals surface area (Å²) in [5.41, 5.74) is 0. The molecule has 0 aromatic carbocycles. The summed E-state index contributed by atoms with van der Waals surface area (Å²) in [6.07, 6.45) is 13.7. The van der Waals surface area contributed by atoms with Gasteiger partial charge in [-0.25, -0.2) is 0 Å². The maximum absolute atomic E-state index is 3.86. The zero-order chi connectivity index (χ0) is 11.7. The van der Waals surface area contributed by atoms with Crippen molar-refractivity contribution >= 4 is 0 Å². The van der Waals surface area contributed by atoms with Crippen LogP contribution in [0.4, 0.5) is 0 Å².